The number of thiazole rings is 1. The molecule has 2 aromatic rings. The number of hydrogen-bond donors (Lipinski definition) is 3. The first-order chi connectivity index (χ1) is 9.10. The Balaban J connectivity index is 2.22. The Morgan fingerprint density at radius 1 is 1.58 bits per heavy atom. The first kappa shape index (κ1) is 13.6. The van der Waals surface area contributed by atoms with Crippen LogP contribution in [0.1, 0.15) is 11.3 Å². The molecular weight excluding hydrogens is 282 g/mol. The summed E-state index contributed by atoms with van der Waals surface area (Å²) in [4.78, 5) is 14.0. The van der Waals surface area contributed by atoms with Crippen molar-refractivity contribution in [3.05, 3.63) is 44.5 Å². The Morgan fingerprint density at radius 3 is 2.95 bits per heavy atom. The molecule has 2 rings (SSSR count). The van der Waals surface area contributed by atoms with Crippen LogP contribution in [-0.4, -0.2) is 17.1 Å². The summed E-state index contributed by atoms with van der Waals surface area (Å²) in [7, 11) is 1.59. The average molecular weight is 295 g/mol. The van der Waals surface area contributed by atoms with Crippen molar-refractivity contribution in [2.75, 3.05) is 12.4 Å². The minimum atomic E-state index is -0.0722. The number of nitrogens with one attached hydrogen (secondary N) is 2. The number of benzene rings is 1. The number of ether oxygens (including phenoxy) is 1. The van der Waals surface area contributed by atoms with Gasteiger partial charge in [0.05, 0.1) is 13.7 Å². The third kappa shape index (κ3) is 3.33. The molecule has 100 valence electrons. The first-order valence-electron chi connectivity index (χ1n) is 5.48. The quantitative estimate of drug-likeness (QED) is 0.732. The largest absolute Gasteiger partial charge is 0.497 e. The van der Waals surface area contributed by atoms with Crippen LogP contribution in [0.4, 0.5) is 5.69 Å². The molecule has 0 atom stereocenters. The van der Waals surface area contributed by atoms with E-state index in [4.69, 9.17) is 22.7 Å². The highest BCUT2D eigenvalue weighted by Crippen LogP contribution is 2.23. The van der Waals surface area contributed by atoms with E-state index < -0.39 is 0 Å². The van der Waals surface area contributed by atoms with Gasteiger partial charge in [0.15, 0.2) is 0 Å². The van der Waals surface area contributed by atoms with Crippen molar-refractivity contribution in [1.29, 1.82) is 0 Å². The van der Waals surface area contributed by atoms with Crippen molar-refractivity contribution in [1.82, 2.24) is 4.98 Å². The molecule has 0 aliphatic rings. The maximum atomic E-state index is 11.1. The molecule has 0 saturated heterocycles. The van der Waals surface area contributed by atoms with Crippen molar-refractivity contribution in [3.63, 3.8) is 0 Å². The van der Waals surface area contributed by atoms with Crippen molar-refractivity contribution >= 4 is 34.2 Å². The Morgan fingerprint density at radius 2 is 2.37 bits per heavy atom. The van der Waals surface area contributed by atoms with Gasteiger partial charge in [0.25, 0.3) is 0 Å². The van der Waals surface area contributed by atoms with Crippen LogP contribution in [0.25, 0.3) is 0 Å². The van der Waals surface area contributed by atoms with Gasteiger partial charge < -0.3 is 20.8 Å². The summed E-state index contributed by atoms with van der Waals surface area (Å²) in [6, 6.07) is 5.42. The summed E-state index contributed by atoms with van der Waals surface area (Å²) in [5.74, 6) is 0.710. The van der Waals surface area contributed by atoms with Crippen LogP contribution in [0.2, 0.25) is 0 Å². The molecule has 0 aliphatic heterocycles. The lowest BCUT2D eigenvalue weighted by molar-refractivity contribution is 0.415. The molecule has 5 nitrogen and oxygen atoms in total. The minimum Gasteiger partial charge on any atom is -0.497 e. The second kappa shape index (κ2) is 5.85. The number of H-pyrrole nitrogens is 1. The molecule has 0 bridgehead atoms. The van der Waals surface area contributed by atoms with E-state index in [0.29, 0.717) is 17.3 Å². The van der Waals surface area contributed by atoms with E-state index in [1.54, 1.807) is 24.6 Å². The molecule has 1 aromatic heterocycles. The van der Waals surface area contributed by atoms with Gasteiger partial charge in [0, 0.05) is 28.4 Å². The lowest BCUT2D eigenvalue weighted by atomic mass is 10.1. The Kier molecular flexibility index (Phi) is 4.18. The third-order valence-electron chi connectivity index (χ3n) is 2.53. The molecule has 0 radical (unpaired) electrons. The molecule has 0 amide bonds. The fraction of sp³-hybridized carbons (Fsp3) is 0.167. The van der Waals surface area contributed by atoms with Gasteiger partial charge in [-0.15, -0.1) is 0 Å². The first-order valence-corrected chi connectivity index (χ1v) is 6.77. The smallest absolute Gasteiger partial charge is 0.304 e. The molecule has 0 fully saturated rings. The summed E-state index contributed by atoms with van der Waals surface area (Å²) in [6.45, 7) is 0.488. The highest BCUT2D eigenvalue weighted by Gasteiger charge is 2.07. The predicted molar refractivity (Wildman–Crippen MR) is 81.1 cm³/mol. The fourth-order valence-corrected chi connectivity index (χ4v) is 2.36. The van der Waals surface area contributed by atoms with Gasteiger partial charge in [-0.05, 0) is 12.1 Å². The van der Waals surface area contributed by atoms with Gasteiger partial charge in [-0.3, -0.25) is 4.79 Å². The summed E-state index contributed by atoms with van der Waals surface area (Å²) >= 11 is 6.14. The monoisotopic (exact) mass is 295 g/mol. The summed E-state index contributed by atoms with van der Waals surface area (Å²) in [5, 5.41) is 4.96. The number of anilines is 1. The molecule has 7 heteroatoms. The molecule has 1 heterocycles. The molecule has 0 aliphatic carbocycles. The number of aromatic amines is 1. The van der Waals surface area contributed by atoms with E-state index in [0.717, 1.165) is 28.3 Å². The maximum Gasteiger partial charge on any atom is 0.304 e. The van der Waals surface area contributed by atoms with E-state index in [2.05, 4.69) is 10.3 Å². The zero-order valence-electron chi connectivity index (χ0n) is 10.2. The maximum absolute atomic E-state index is 11.1. The predicted octanol–water partition coefficient (Wildman–Crippen LogP) is 1.69. The van der Waals surface area contributed by atoms with Crippen LogP contribution in [-0.2, 0) is 6.54 Å². The second-order valence-electron chi connectivity index (χ2n) is 3.80. The van der Waals surface area contributed by atoms with E-state index in [-0.39, 0.29) is 4.87 Å². The third-order valence-corrected chi connectivity index (χ3v) is 3.47. The van der Waals surface area contributed by atoms with Gasteiger partial charge in [-0.1, -0.05) is 23.6 Å². The van der Waals surface area contributed by atoms with E-state index in [1.165, 1.54) is 0 Å². The van der Waals surface area contributed by atoms with Crippen molar-refractivity contribution < 1.29 is 4.74 Å². The molecule has 4 N–H and O–H groups in total. The van der Waals surface area contributed by atoms with Crippen LogP contribution in [0.3, 0.4) is 0 Å². The van der Waals surface area contributed by atoms with E-state index in [1.807, 2.05) is 6.07 Å². The number of thiocarbonyl (C=S) groups is 1. The van der Waals surface area contributed by atoms with Crippen molar-refractivity contribution in [2.24, 2.45) is 5.73 Å². The normalized spacial score (nSPS) is 10.2. The Hall–Kier alpha value is -1.86. The Bertz CT molecular complexity index is 648. The molecular formula is C12H13N3O2S2. The highest BCUT2D eigenvalue weighted by atomic mass is 32.1. The zero-order chi connectivity index (χ0) is 13.8. The topological polar surface area (TPSA) is 80.1 Å². The second-order valence-corrected chi connectivity index (χ2v) is 5.08. The lowest BCUT2D eigenvalue weighted by Crippen LogP contribution is -2.13. The summed E-state index contributed by atoms with van der Waals surface area (Å²) in [5.41, 5.74) is 8.01. The molecule has 19 heavy (non-hydrogen) atoms. The average Bonchev–Trinajstić information content (AvgIpc) is 2.81. The number of methoxy groups -OCH3 is 1. The van der Waals surface area contributed by atoms with Crippen molar-refractivity contribution in [2.45, 2.75) is 6.54 Å². The van der Waals surface area contributed by atoms with Crippen molar-refractivity contribution in [3.8, 4) is 5.75 Å². The number of nitrogens with two attached hydrogens (primary N) is 1. The van der Waals surface area contributed by atoms with Gasteiger partial charge in [-0.25, -0.2) is 0 Å². The highest BCUT2D eigenvalue weighted by molar-refractivity contribution is 7.80. The van der Waals surface area contributed by atoms with E-state index in [9.17, 15) is 4.79 Å². The summed E-state index contributed by atoms with van der Waals surface area (Å²) < 4.78 is 5.17. The van der Waals surface area contributed by atoms with Crippen LogP contribution < -0.4 is 20.7 Å². The summed E-state index contributed by atoms with van der Waals surface area (Å²) in [6.07, 6.45) is 0. The van der Waals surface area contributed by atoms with Gasteiger partial charge in [-0.2, -0.15) is 0 Å². The fourth-order valence-electron chi connectivity index (χ4n) is 1.60. The van der Waals surface area contributed by atoms with Crippen LogP contribution >= 0.6 is 23.6 Å². The molecule has 0 spiro atoms. The van der Waals surface area contributed by atoms with Crippen LogP contribution in [0.5, 0.6) is 5.75 Å². The Labute approximate surface area is 119 Å². The molecule has 0 saturated carbocycles. The number of rotatable bonds is 5. The minimum absolute atomic E-state index is 0.0722. The lowest BCUT2D eigenvalue weighted by Gasteiger charge is -2.12. The SMILES string of the molecule is COc1ccc(C(N)=S)c(NCc2csc(=O)[nH]2)c1. The number of hydrogen-bond acceptors (Lipinski definition) is 5. The van der Waals surface area contributed by atoms with Gasteiger partial charge in [0.2, 0.25) is 0 Å². The zero-order valence-corrected chi connectivity index (χ0v) is 11.9. The number of aromatic nitrogens is 1. The van der Waals surface area contributed by atoms with Crippen LogP contribution in [0.15, 0.2) is 28.4 Å². The van der Waals surface area contributed by atoms with Crippen LogP contribution in [0, 0.1) is 0 Å². The van der Waals surface area contributed by atoms with E-state index >= 15 is 0 Å². The molecule has 0 unspecified atom stereocenters. The van der Waals surface area contributed by atoms with Gasteiger partial charge >= 0.3 is 4.87 Å². The van der Waals surface area contributed by atoms with Gasteiger partial charge in [0.1, 0.15) is 10.7 Å². The molecule has 1 aromatic carbocycles. The standard InChI is InChI=1S/C12H13N3O2S2/c1-17-8-2-3-9(11(13)18)10(4-8)14-5-7-6-19-12(16)15-7/h2-4,6,14H,5H2,1H3,(H2,13,18)(H,15,16).